The number of hydrogen-bond acceptors (Lipinski definition) is 4. The van der Waals surface area contributed by atoms with E-state index in [0.29, 0.717) is 10.2 Å². The van der Waals surface area contributed by atoms with E-state index >= 15 is 0 Å². The number of aromatic carboxylic acids is 1. The van der Waals surface area contributed by atoms with Crippen LogP contribution in [0.3, 0.4) is 0 Å². The number of aryl methyl sites for hydroxylation is 1. The van der Waals surface area contributed by atoms with E-state index in [0.717, 1.165) is 10.5 Å². The van der Waals surface area contributed by atoms with Crippen LogP contribution in [0.4, 0.5) is 5.69 Å². The van der Waals surface area contributed by atoms with Crippen molar-refractivity contribution in [2.75, 3.05) is 4.72 Å². The zero-order valence-corrected chi connectivity index (χ0v) is 14.5. The zero-order chi connectivity index (χ0) is 15.8. The number of carbonyl (C=O) groups is 1. The van der Waals surface area contributed by atoms with Crippen molar-refractivity contribution in [1.82, 2.24) is 0 Å². The first kappa shape index (κ1) is 16.1. The normalized spacial score (nSPS) is 11.4. The van der Waals surface area contributed by atoms with Crippen molar-refractivity contribution in [3.63, 3.8) is 0 Å². The van der Waals surface area contributed by atoms with Crippen LogP contribution in [0, 0.1) is 6.92 Å². The van der Waals surface area contributed by atoms with Crippen LogP contribution in [0.5, 0.6) is 0 Å². The SMILES string of the molecule is Cc1oc(C(=O)O)cc1S(=O)(=O)Nc1ccc(Br)cc1Br. The van der Waals surface area contributed by atoms with Gasteiger partial charge in [0.25, 0.3) is 10.0 Å². The second-order valence-electron chi connectivity index (χ2n) is 4.07. The average Bonchev–Trinajstić information content (AvgIpc) is 2.76. The fraction of sp³-hybridized carbons (Fsp3) is 0.0833. The second kappa shape index (κ2) is 5.82. The van der Waals surface area contributed by atoms with Crippen LogP contribution in [0.25, 0.3) is 0 Å². The molecule has 0 aliphatic rings. The monoisotopic (exact) mass is 437 g/mol. The fourth-order valence-electron chi connectivity index (χ4n) is 1.61. The minimum Gasteiger partial charge on any atom is -0.475 e. The van der Waals surface area contributed by atoms with Gasteiger partial charge in [0.1, 0.15) is 10.7 Å². The number of anilines is 1. The summed E-state index contributed by atoms with van der Waals surface area (Å²) in [4.78, 5) is 10.6. The van der Waals surface area contributed by atoms with E-state index < -0.39 is 21.8 Å². The van der Waals surface area contributed by atoms with E-state index in [9.17, 15) is 13.2 Å². The number of carboxylic acids is 1. The molecule has 0 saturated carbocycles. The Labute approximate surface area is 137 Å². The minimum absolute atomic E-state index is 0.00753. The first-order valence-electron chi connectivity index (χ1n) is 5.52. The molecular formula is C12H9Br2NO5S. The first-order chi connectivity index (χ1) is 9.70. The number of carboxylic acid groups (broad SMARTS) is 1. The third-order valence-electron chi connectivity index (χ3n) is 2.55. The molecular weight excluding hydrogens is 430 g/mol. The standard InChI is InChI=1S/C12H9Br2NO5S/c1-6-11(5-10(20-6)12(16)17)21(18,19)15-9-3-2-7(13)4-8(9)14/h2-5,15H,1H3,(H,16,17). The number of halogens is 2. The van der Waals surface area contributed by atoms with Gasteiger partial charge in [-0.15, -0.1) is 0 Å². The molecule has 1 heterocycles. The van der Waals surface area contributed by atoms with Gasteiger partial charge in [-0.05, 0) is 41.1 Å². The maximum absolute atomic E-state index is 12.3. The number of benzene rings is 1. The van der Waals surface area contributed by atoms with Gasteiger partial charge in [-0.25, -0.2) is 13.2 Å². The smallest absolute Gasteiger partial charge is 0.371 e. The van der Waals surface area contributed by atoms with Crippen LogP contribution >= 0.6 is 31.9 Å². The van der Waals surface area contributed by atoms with E-state index in [4.69, 9.17) is 9.52 Å². The molecule has 21 heavy (non-hydrogen) atoms. The number of furan rings is 1. The molecule has 2 N–H and O–H groups in total. The first-order valence-corrected chi connectivity index (χ1v) is 8.59. The summed E-state index contributed by atoms with van der Waals surface area (Å²) in [5.74, 6) is -1.75. The minimum atomic E-state index is -3.94. The van der Waals surface area contributed by atoms with E-state index in [2.05, 4.69) is 36.6 Å². The lowest BCUT2D eigenvalue weighted by Gasteiger charge is -2.09. The van der Waals surface area contributed by atoms with Crippen LogP contribution < -0.4 is 4.72 Å². The molecule has 1 aromatic heterocycles. The van der Waals surface area contributed by atoms with Gasteiger partial charge in [0, 0.05) is 15.0 Å². The summed E-state index contributed by atoms with van der Waals surface area (Å²) in [7, 11) is -3.94. The van der Waals surface area contributed by atoms with Gasteiger partial charge in [0.15, 0.2) is 0 Å². The van der Waals surface area contributed by atoms with E-state index in [1.165, 1.54) is 6.92 Å². The highest BCUT2D eigenvalue weighted by molar-refractivity contribution is 9.11. The van der Waals surface area contributed by atoms with Gasteiger partial charge in [-0.1, -0.05) is 15.9 Å². The van der Waals surface area contributed by atoms with Gasteiger partial charge in [-0.3, -0.25) is 4.72 Å². The molecule has 0 aliphatic heterocycles. The molecule has 0 bridgehead atoms. The average molecular weight is 439 g/mol. The highest BCUT2D eigenvalue weighted by Gasteiger charge is 2.24. The van der Waals surface area contributed by atoms with Crippen molar-refractivity contribution in [3.8, 4) is 0 Å². The number of hydrogen-bond donors (Lipinski definition) is 2. The summed E-state index contributed by atoms with van der Waals surface area (Å²) in [6.45, 7) is 1.39. The van der Waals surface area contributed by atoms with Gasteiger partial charge in [0.05, 0.1) is 5.69 Å². The second-order valence-corrected chi connectivity index (χ2v) is 7.49. The highest BCUT2D eigenvalue weighted by Crippen LogP contribution is 2.29. The summed E-state index contributed by atoms with van der Waals surface area (Å²) in [6.07, 6.45) is 0. The Morgan fingerprint density at radius 3 is 2.48 bits per heavy atom. The maximum atomic E-state index is 12.3. The van der Waals surface area contributed by atoms with E-state index in [-0.39, 0.29) is 10.7 Å². The molecule has 6 nitrogen and oxygen atoms in total. The number of nitrogens with one attached hydrogen (secondary N) is 1. The molecule has 0 fully saturated rings. The zero-order valence-electron chi connectivity index (χ0n) is 10.6. The molecule has 0 spiro atoms. The largest absolute Gasteiger partial charge is 0.475 e. The van der Waals surface area contributed by atoms with Crippen LogP contribution in [0.2, 0.25) is 0 Å². The van der Waals surface area contributed by atoms with Crippen molar-refractivity contribution in [2.24, 2.45) is 0 Å². The van der Waals surface area contributed by atoms with Crippen molar-refractivity contribution >= 4 is 53.5 Å². The predicted molar refractivity (Wildman–Crippen MR) is 83.1 cm³/mol. The van der Waals surface area contributed by atoms with Crippen molar-refractivity contribution in [1.29, 1.82) is 0 Å². The number of rotatable bonds is 4. The molecule has 0 amide bonds. The van der Waals surface area contributed by atoms with Crippen LogP contribution in [-0.2, 0) is 10.0 Å². The molecule has 0 saturated heterocycles. The molecule has 0 atom stereocenters. The molecule has 112 valence electrons. The molecule has 9 heteroatoms. The Kier molecular flexibility index (Phi) is 4.45. The van der Waals surface area contributed by atoms with E-state index in [1.54, 1.807) is 18.2 Å². The van der Waals surface area contributed by atoms with Crippen molar-refractivity contribution < 1.29 is 22.7 Å². The van der Waals surface area contributed by atoms with Crippen LogP contribution in [0.1, 0.15) is 16.3 Å². The molecule has 1 aromatic carbocycles. The predicted octanol–water partition coefficient (Wildman–Crippen LogP) is 3.61. The van der Waals surface area contributed by atoms with Gasteiger partial charge in [-0.2, -0.15) is 0 Å². The Balaban J connectivity index is 2.41. The lowest BCUT2D eigenvalue weighted by Crippen LogP contribution is -2.13. The fourth-order valence-corrected chi connectivity index (χ4v) is 4.15. The summed E-state index contributed by atoms with van der Waals surface area (Å²) in [6, 6.07) is 5.91. The molecule has 0 aliphatic carbocycles. The summed E-state index contributed by atoms with van der Waals surface area (Å²) < 4.78 is 33.2. The van der Waals surface area contributed by atoms with E-state index in [1.807, 2.05) is 0 Å². The van der Waals surface area contributed by atoms with Gasteiger partial charge >= 0.3 is 5.97 Å². The topological polar surface area (TPSA) is 96.6 Å². The summed E-state index contributed by atoms with van der Waals surface area (Å²) in [5.41, 5.74) is 0.329. The molecule has 2 aromatic rings. The van der Waals surface area contributed by atoms with Crippen LogP contribution in [-0.4, -0.2) is 19.5 Å². The maximum Gasteiger partial charge on any atom is 0.371 e. The lowest BCUT2D eigenvalue weighted by molar-refractivity contribution is 0.0661. The lowest BCUT2D eigenvalue weighted by atomic mass is 10.3. The summed E-state index contributed by atoms with van der Waals surface area (Å²) in [5, 5.41) is 8.83. The third kappa shape index (κ3) is 3.47. The Morgan fingerprint density at radius 2 is 1.95 bits per heavy atom. The molecule has 0 unspecified atom stereocenters. The molecule has 0 radical (unpaired) electrons. The van der Waals surface area contributed by atoms with Gasteiger partial charge < -0.3 is 9.52 Å². The van der Waals surface area contributed by atoms with Crippen LogP contribution in [0.15, 0.2) is 42.5 Å². The quantitative estimate of drug-likeness (QED) is 0.759. The summed E-state index contributed by atoms with van der Waals surface area (Å²) >= 11 is 6.51. The van der Waals surface area contributed by atoms with Crippen molar-refractivity contribution in [2.45, 2.75) is 11.8 Å². The Bertz CT molecular complexity index is 813. The highest BCUT2D eigenvalue weighted by atomic mass is 79.9. The molecule has 2 rings (SSSR count). The van der Waals surface area contributed by atoms with Crippen molar-refractivity contribution in [3.05, 3.63) is 44.7 Å². The number of sulfonamides is 1. The van der Waals surface area contributed by atoms with Gasteiger partial charge in [0.2, 0.25) is 5.76 Å². The third-order valence-corrected chi connectivity index (χ3v) is 5.17. The Morgan fingerprint density at radius 1 is 1.29 bits per heavy atom. The Hall–Kier alpha value is -1.32.